The quantitative estimate of drug-likeness (QED) is 0.493. The largest absolute Gasteiger partial charge is 0.493 e. The Bertz CT molecular complexity index is 1060. The van der Waals surface area contributed by atoms with E-state index in [4.69, 9.17) is 23.6 Å². The number of aromatic nitrogens is 2. The van der Waals surface area contributed by atoms with Crippen molar-refractivity contribution in [3.63, 3.8) is 0 Å². The van der Waals surface area contributed by atoms with Gasteiger partial charge >= 0.3 is 0 Å². The highest BCUT2D eigenvalue weighted by Crippen LogP contribution is 2.40. The zero-order valence-electron chi connectivity index (χ0n) is 15.5. The summed E-state index contributed by atoms with van der Waals surface area (Å²) in [6.07, 6.45) is 1.67. The molecule has 0 unspecified atom stereocenters. The lowest BCUT2D eigenvalue weighted by Crippen LogP contribution is -2.25. The first-order valence-electron chi connectivity index (χ1n) is 8.37. The van der Waals surface area contributed by atoms with Crippen molar-refractivity contribution in [1.82, 2.24) is 5.16 Å². The fourth-order valence-corrected chi connectivity index (χ4v) is 2.84. The predicted molar refractivity (Wildman–Crippen MR) is 98.6 cm³/mol. The van der Waals surface area contributed by atoms with Crippen LogP contribution in [-0.4, -0.2) is 32.4 Å². The number of methoxy groups -OCH3 is 2. The molecule has 1 aliphatic rings. The molecule has 9 nitrogen and oxygen atoms in total. The topological polar surface area (TPSA) is 102 Å². The lowest BCUT2D eigenvalue weighted by molar-refractivity contribution is -0.806. The van der Waals surface area contributed by atoms with Crippen LogP contribution in [0.4, 0.5) is 5.69 Å². The third-order valence-electron chi connectivity index (χ3n) is 4.33. The predicted octanol–water partition coefficient (Wildman–Crippen LogP) is 2.78. The van der Waals surface area contributed by atoms with Crippen LogP contribution >= 0.6 is 0 Å². The molecular formula is C19H17N3O6. The Morgan fingerprint density at radius 2 is 1.86 bits per heavy atom. The lowest BCUT2D eigenvalue weighted by Gasteiger charge is -2.10. The molecule has 1 aromatic heterocycles. The molecule has 4 rings (SSSR count). The summed E-state index contributed by atoms with van der Waals surface area (Å²) in [5.41, 5.74) is 2.61. The monoisotopic (exact) mass is 383 g/mol. The number of rotatable bonds is 5. The van der Waals surface area contributed by atoms with E-state index in [1.807, 2.05) is 18.2 Å². The molecule has 3 aromatic rings. The normalized spacial score (nSPS) is 12.5. The van der Waals surface area contributed by atoms with E-state index in [1.54, 1.807) is 25.3 Å². The van der Waals surface area contributed by atoms with Crippen LogP contribution in [0.25, 0.3) is 11.3 Å². The Morgan fingerprint density at radius 1 is 1.11 bits per heavy atom. The van der Waals surface area contributed by atoms with Crippen molar-refractivity contribution in [2.75, 3.05) is 21.0 Å². The number of hydrogen-bond donors (Lipinski definition) is 0. The molecule has 2 heterocycles. The number of nitrogens with zero attached hydrogens (tertiary/aromatic N) is 3. The molecule has 1 aliphatic heterocycles. The van der Waals surface area contributed by atoms with Gasteiger partial charge in [-0.1, -0.05) is 0 Å². The van der Waals surface area contributed by atoms with E-state index < -0.39 is 0 Å². The van der Waals surface area contributed by atoms with Crippen molar-refractivity contribution in [2.45, 2.75) is 6.92 Å². The summed E-state index contributed by atoms with van der Waals surface area (Å²) >= 11 is 0. The van der Waals surface area contributed by atoms with Crippen LogP contribution in [0.1, 0.15) is 11.3 Å². The maximum Gasteiger partial charge on any atom is 0.253 e. The summed E-state index contributed by atoms with van der Waals surface area (Å²) < 4.78 is 26.1. The standard InChI is InChI=1S/C19H17N3O6/c1-11-19(21-28-22(11)23)13-7-16(24-2)17(25-3)8-14(13)20-9-12-4-5-15-18(6-12)27-10-26-15/h4-9H,10H2,1-3H3. The fraction of sp³-hybridized carbons (Fsp3) is 0.211. The van der Waals surface area contributed by atoms with Crippen LogP contribution < -0.4 is 23.9 Å². The smallest absolute Gasteiger partial charge is 0.253 e. The molecule has 144 valence electrons. The minimum atomic E-state index is 0.205. The number of hydrogen-bond acceptors (Lipinski definition) is 8. The van der Waals surface area contributed by atoms with Crippen molar-refractivity contribution in [3.05, 3.63) is 46.8 Å². The summed E-state index contributed by atoms with van der Waals surface area (Å²) in [6, 6.07) is 8.93. The van der Waals surface area contributed by atoms with Gasteiger partial charge in [0.25, 0.3) is 5.69 Å². The average Bonchev–Trinajstić information content (AvgIpc) is 3.32. The van der Waals surface area contributed by atoms with Gasteiger partial charge in [-0.25, -0.2) is 0 Å². The summed E-state index contributed by atoms with van der Waals surface area (Å²) in [5.74, 6) is 2.35. The van der Waals surface area contributed by atoms with Crippen LogP contribution in [0.15, 0.2) is 40.0 Å². The molecule has 28 heavy (non-hydrogen) atoms. The van der Waals surface area contributed by atoms with Gasteiger partial charge in [0.05, 0.1) is 25.5 Å². The molecule has 0 spiro atoms. The maximum atomic E-state index is 11.7. The van der Waals surface area contributed by atoms with E-state index in [-0.39, 0.29) is 6.79 Å². The van der Waals surface area contributed by atoms with Gasteiger partial charge < -0.3 is 24.2 Å². The van der Waals surface area contributed by atoms with Crippen LogP contribution in [0.2, 0.25) is 0 Å². The van der Waals surface area contributed by atoms with Gasteiger partial charge in [-0.2, -0.15) is 0 Å². The van der Waals surface area contributed by atoms with Gasteiger partial charge in [0, 0.05) is 24.4 Å². The summed E-state index contributed by atoms with van der Waals surface area (Å²) in [6.45, 7) is 1.82. The van der Waals surface area contributed by atoms with Crippen LogP contribution in [0.5, 0.6) is 23.0 Å². The first-order valence-corrected chi connectivity index (χ1v) is 8.37. The summed E-state index contributed by atoms with van der Waals surface area (Å²) in [4.78, 5) is 4.91. The van der Waals surface area contributed by atoms with Crippen LogP contribution in [-0.2, 0) is 0 Å². The molecule has 0 saturated carbocycles. The minimum absolute atomic E-state index is 0.205. The molecule has 0 aliphatic carbocycles. The van der Waals surface area contributed by atoms with Crippen molar-refractivity contribution in [2.24, 2.45) is 4.99 Å². The Kier molecular flexibility index (Phi) is 4.48. The van der Waals surface area contributed by atoms with E-state index in [9.17, 15) is 5.21 Å². The van der Waals surface area contributed by atoms with Crippen LogP contribution in [0, 0.1) is 12.1 Å². The highest BCUT2D eigenvalue weighted by molar-refractivity contribution is 5.87. The van der Waals surface area contributed by atoms with Crippen molar-refractivity contribution < 1.29 is 28.5 Å². The minimum Gasteiger partial charge on any atom is -0.493 e. The molecule has 9 heteroatoms. The van der Waals surface area contributed by atoms with E-state index >= 15 is 0 Å². The van der Waals surface area contributed by atoms with Crippen molar-refractivity contribution in [3.8, 4) is 34.3 Å². The van der Waals surface area contributed by atoms with E-state index in [1.165, 1.54) is 14.2 Å². The number of aliphatic imine (C=N–C) groups is 1. The summed E-state index contributed by atoms with van der Waals surface area (Å²) in [5, 5.41) is 15.5. The second-order valence-corrected chi connectivity index (χ2v) is 5.96. The average molecular weight is 383 g/mol. The Labute approximate surface area is 160 Å². The molecular weight excluding hydrogens is 366 g/mol. The molecule has 0 amide bonds. The van der Waals surface area contributed by atoms with E-state index in [2.05, 4.69) is 10.1 Å². The SMILES string of the molecule is COc1cc(N=Cc2ccc3c(c2)OCO3)c(-c2no[n+]([O-])c2C)cc1OC. The number of benzene rings is 2. The second-order valence-electron chi connectivity index (χ2n) is 5.96. The first-order chi connectivity index (χ1) is 13.6. The Hall–Kier alpha value is -3.75. The highest BCUT2D eigenvalue weighted by atomic mass is 16.8. The Balaban J connectivity index is 1.79. The molecule has 0 N–H and O–H groups in total. The zero-order chi connectivity index (χ0) is 19.7. The molecule has 0 bridgehead atoms. The van der Waals surface area contributed by atoms with Gasteiger partial charge in [0.15, 0.2) is 23.0 Å². The van der Waals surface area contributed by atoms with Gasteiger partial charge in [-0.15, -0.1) is 0 Å². The van der Waals surface area contributed by atoms with Gasteiger partial charge in [0.2, 0.25) is 12.5 Å². The van der Waals surface area contributed by atoms with Crippen molar-refractivity contribution >= 4 is 11.9 Å². The maximum absolute atomic E-state index is 11.7. The highest BCUT2D eigenvalue weighted by Gasteiger charge is 2.22. The molecule has 0 radical (unpaired) electrons. The lowest BCUT2D eigenvalue weighted by atomic mass is 10.1. The Morgan fingerprint density at radius 3 is 2.57 bits per heavy atom. The fourth-order valence-electron chi connectivity index (χ4n) is 2.84. The molecule has 0 fully saturated rings. The third kappa shape index (κ3) is 3.07. The zero-order valence-corrected chi connectivity index (χ0v) is 15.5. The molecule has 2 aromatic carbocycles. The van der Waals surface area contributed by atoms with Gasteiger partial charge in [-0.05, 0) is 34.7 Å². The van der Waals surface area contributed by atoms with E-state index in [0.29, 0.717) is 50.5 Å². The first kappa shape index (κ1) is 17.7. The summed E-state index contributed by atoms with van der Waals surface area (Å²) in [7, 11) is 3.07. The van der Waals surface area contributed by atoms with Crippen LogP contribution in [0.3, 0.4) is 0 Å². The van der Waals surface area contributed by atoms with Gasteiger partial charge in [-0.3, -0.25) is 9.62 Å². The third-order valence-corrected chi connectivity index (χ3v) is 4.33. The van der Waals surface area contributed by atoms with Crippen molar-refractivity contribution in [1.29, 1.82) is 0 Å². The van der Waals surface area contributed by atoms with Gasteiger partial charge in [0.1, 0.15) is 0 Å². The number of fused-ring (bicyclic) bond motifs is 1. The second kappa shape index (κ2) is 7.10. The molecule has 0 atom stereocenters. The van der Waals surface area contributed by atoms with E-state index in [0.717, 1.165) is 5.56 Å². The number of ether oxygens (including phenoxy) is 4. The molecule has 0 saturated heterocycles.